The van der Waals surface area contributed by atoms with Gasteiger partial charge in [0.2, 0.25) is 0 Å². The topological polar surface area (TPSA) is 52.0 Å². The molecule has 1 aromatic heterocycles. The molecule has 0 atom stereocenters. The van der Waals surface area contributed by atoms with Gasteiger partial charge < -0.3 is 5.32 Å². The molecule has 1 saturated heterocycles. The number of aryl methyl sites for hydroxylation is 1. The fourth-order valence-corrected chi connectivity index (χ4v) is 2.92. The second-order valence-electron chi connectivity index (χ2n) is 4.34. The van der Waals surface area contributed by atoms with Crippen LogP contribution in [0.5, 0.6) is 0 Å². The summed E-state index contributed by atoms with van der Waals surface area (Å²) in [6.07, 6.45) is 0. The molecule has 1 fully saturated rings. The van der Waals surface area contributed by atoms with Crippen LogP contribution in [0.3, 0.4) is 0 Å². The van der Waals surface area contributed by atoms with Crippen molar-refractivity contribution in [1.82, 2.24) is 9.88 Å². The lowest BCUT2D eigenvalue weighted by atomic mass is 10.2. The molecule has 0 amide bonds. The molecular formula is C13H18N4S. The molecule has 1 aliphatic heterocycles. The Morgan fingerprint density at radius 1 is 1.44 bits per heavy atom. The number of anilines is 1. The second kappa shape index (κ2) is 6.62. The Morgan fingerprint density at radius 3 is 2.94 bits per heavy atom. The van der Waals surface area contributed by atoms with E-state index in [0.717, 1.165) is 18.8 Å². The van der Waals surface area contributed by atoms with Gasteiger partial charge in [-0.25, -0.2) is 4.98 Å². The molecule has 4 nitrogen and oxygen atoms in total. The van der Waals surface area contributed by atoms with Gasteiger partial charge in [-0.15, -0.1) is 0 Å². The zero-order valence-corrected chi connectivity index (χ0v) is 11.5. The van der Waals surface area contributed by atoms with Gasteiger partial charge in [-0.3, -0.25) is 4.90 Å². The standard InChI is InChI=1S/C13H18N4S/c1-11-2-3-12(10-14)13(16-11)15-4-5-17-6-8-18-9-7-17/h2-3H,4-9H2,1H3,(H,15,16). The minimum atomic E-state index is 0.620. The lowest BCUT2D eigenvalue weighted by Gasteiger charge is -2.26. The van der Waals surface area contributed by atoms with Gasteiger partial charge in [0.05, 0.1) is 5.56 Å². The minimum Gasteiger partial charge on any atom is -0.368 e. The van der Waals surface area contributed by atoms with E-state index >= 15 is 0 Å². The summed E-state index contributed by atoms with van der Waals surface area (Å²) in [4.78, 5) is 6.82. The molecule has 96 valence electrons. The van der Waals surface area contributed by atoms with Crippen molar-refractivity contribution in [2.24, 2.45) is 0 Å². The summed E-state index contributed by atoms with van der Waals surface area (Å²) >= 11 is 2.02. The van der Waals surface area contributed by atoms with Crippen molar-refractivity contribution in [1.29, 1.82) is 5.26 Å². The lowest BCUT2D eigenvalue weighted by molar-refractivity contribution is 0.314. The molecule has 0 radical (unpaired) electrons. The SMILES string of the molecule is Cc1ccc(C#N)c(NCCN2CCSCC2)n1. The highest BCUT2D eigenvalue weighted by Gasteiger charge is 2.10. The van der Waals surface area contributed by atoms with Crippen LogP contribution in [0.15, 0.2) is 12.1 Å². The van der Waals surface area contributed by atoms with Gasteiger partial charge in [0.25, 0.3) is 0 Å². The lowest BCUT2D eigenvalue weighted by Crippen LogP contribution is -2.36. The molecule has 18 heavy (non-hydrogen) atoms. The highest BCUT2D eigenvalue weighted by Crippen LogP contribution is 2.12. The Hall–Kier alpha value is -1.25. The first-order valence-electron chi connectivity index (χ1n) is 6.21. The Labute approximate surface area is 112 Å². The van der Waals surface area contributed by atoms with Crippen molar-refractivity contribution in [2.75, 3.05) is 43.0 Å². The molecule has 5 heteroatoms. The van der Waals surface area contributed by atoms with Gasteiger partial charge in [0.1, 0.15) is 11.9 Å². The van der Waals surface area contributed by atoms with Crippen LogP contribution in [0.4, 0.5) is 5.82 Å². The predicted octanol–water partition coefficient (Wildman–Crippen LogP) is 1.72. The van der Waals surface area contributed by atoms with E-state index in [1.807, 2.05) is 30.8 Å². The summed E-state index contributed by atoms with van der Waals surface area (Å²) in [6.45, 7) is 6.13. The summed E-state index contributed by atoms with van der Waals surface area (Å²) in [5.41, 5.74) is 1.56. The van der Waals surface area contributed by atoms with E-state index < -0.39 is 0 Å². The normalized spacial score (nSPS) is 16.2. The Balaban J connectivity index is 1.86. The minimum absolute atomic E-state index is 0.620. The van der Waals surface area contributed by atoms with Crippen molar-refractivity contribution in [3.05, 3.63) is 23.4 Å². The average molecular weight is 262 g/mol. The fourth-order valence-electron chi connectivity index (χ4n) is 1.94. The van der Waals surface area contributed by atoms with Crippen LogP contribution in [0.2, 0.25) is 0 Å². The maximum Gasteiger partial charge on any atom is 0.144 e. The van der Waals surface area contributed by atoms with Crippen LogP contribution < -0.4 is 5.32 Å². The Bertz CT molecular complexity index is 435. The zero-order chi connectivity index (χ0) is 12.8. The molecule has 2 heterocycles. The molecule has 1 aromatic rings. The number of thioether (sulfide) groups is 1. The van der Waals surface area contributed by atoms with Gasteiger partial charge in [0.15, 0.2) is 0 Å². The van der Waals surface area contributed by atoms with E-state index in [9.17, 15) is 0 Å². The van der Waals surface area contributed by atoms with Crippen molar-refractivity contribution in [2.45, 2.75) is 6.92 Å². The maximum atomic E-state index is 9.01. The number of hydrogen-bond donors (Lipinski definition) is 1. The first-order valence-corrected chi connectivity index (χ1v) is 7.37. The maximum absolute atomic E-state index is 9.01. The smallest absolute Gasteiger partial charge is 0.144 e. The number of nitrogens with zero attached hydrogens (tertiary/aromatic N) is 3. The average Bonchev–Trinajstić information content (AvgIpc) is 2.40. The Kier molecular flexibility index (Phi) is 4.85. The van der Waals surface area contributed by atoms with Gasteiger partial charge in [0, 0.05) is 43.4 Å². The number of pyridine rings is 1. The highest BCUT2D eigenvalue weighted by atomic mass is 32.2. The van der Waals surface area contributed by atoms with E-state index in [0.29, 0.717) is 11.4 Å². The quantitative estimate of drug-likeness (QED) is 0.895. The summed E-state index contributed by atoms with van der Waals surface area (Å²) in [5, 5.41) is 12.3. The molecule has 0 aromatic carbocycles. The fraction of sp³-hybridized carbons (Fsp3) is 0.538. The number of rotatable bonds is 4. The van der Waals surface area contributed by atoms with Crippen LogP contribution in [0, 0.1) is 18.3 Å². The molecule has 0 aliphatic carbocycles. The summed E-state index contributed by atoms with van der Waals surface area (Å²) in [5.74, 6) is 3.17. The van der Waals surface area contributed by atoms with E-state index in [-0.39, 0.29) is 0 Å². The van der Waals surface area contributed by atoms with E-state index in [4.69, 9.17) is 5.26 Å². The second-order valence-corrected chi connectivity index (χ2v) is 5.57. The molecule has 0 saturated carbocycles. The Morgan fingerprint density at radius 2 is 2.22 bits per heavy atom. The van der Waals surface area contributed by atoms with Crippen LogP contribution in [0.25, 0.3) is 0 Å². The summed E-state index contributed by atoms with van der Waals surface area (Å²) < 4.78 is 0. The van der Waals surface area contributed by atoms with Gasteiger partial charge >= 0.3 is 0 Å². The van der Waals surface area contributed by atoms with Crippen molar-refractivity contribution in [3.63, 3.8) is 0 Å². The zero-order valence-electron chi connectivity index (χ0n) is 10.6. The van der Waals surface area contributed by atoms with Gasteiger partial charge in [-0.1, -0.05) is 0 Å². The van der Waals surface area contributed by atoms with Crippen molar-refractivity contribution >= 4 is 17.6 Å². The van der Waals surface area contributed by atoms with Crippen LogP contribution >= 0.6 is 11.8 Å². The third kappa shape index (κ3) is 3.62. The largest absolute Gasteiger partial charge is 0.368 e. The van der Waals surface area contributed by atoms with Crippen molar-refractivity contribution in [3.8, 4) is 6.07 Å². The highest BCUT2D eigenvalue weighted by molar-refractivity contribution is 7.99. The summed E-state index contributed by atoms with van der Waals surface area (Å²) in [7, 11) is 0. The van der Waals surface area contributed by atoms with E-state index in [2.05, 4.69) is 21.3 Å². The molecule has 0 spiro atoms. The van der Waals surface area contributed by atoms with E-state index in [1.165, 1.54) is 24.6 Å². The summed E-state index contributed by atoms with van der Waals surface area (Å²) in [6, 6.07) is 5.86. The monoisotopic (exact) mass is 262 g/mol. The molecular weight excluding hydrogens is 244 g/mol. The number of aromatic nitrogens is 1. The van der Waals surface area contributed by atoms with Crippen LogP contribution in [-0.2, 0) is 0 Å². The predicted molar refractivity (Wildman–Crippen MR) is 75.9 cm³/mol. The number of nitriles is 1. The molecule has 1 aliphatic rings. The third-order valence-electron chi connectivity index (χ3n) is 2.98. The molecule has 0 unspecified atom stereocenters. The van der Waals surface area contributed by atoms with Crippen LogP contribution in [0.1, 0.15) is 11.3 Å². The first-order chi connectivity index (χ1) is 8.79. The van der Waals surface area contributed by atoms with Gasteiger partial charge in [-0.05, 0) is 19.1 Å². The first kappa shape index (κ1) is 13.2. The van der Waals surface area contributed by atoms with E-state index in [1.54, 1.807) is 0 Å². The molecule has 0 bridgehead atoms. The number of nitrogens with one attached hydrogen (secondary N) is 1. The third-order valence-corrected chi connectivity index (χ3v) is 3.92. The molecule has 2 rings (SSSR count). The number of hydrogen-bond acceptors (Lipinski definition) is 5. The van der Waals surface area contributed by atoms with Crippen molar-refractivity contribution < 1.29 is 0 Å². The van der Waals surface area contributed by atoms with Gasteiger partial charge in [-0.2, -0.15) is 17.0 Å². The van der Waals surface area contributed by atoms with Crippen LogP contribution in [-0.4, -0.2) is 47.6 Å². The molecule has 1 N–H and O–H groups in total.